The third-order valence-corrected chi connectivity index (χ3v) is 2.87. The van der Waals surface area contributed by atoms with Crippen LogP contribution in [0.1, 0.15) is 34.5 Å². The second kappa shape index (κ2) is 4.91. The Labute approximate surface area is 101 Å². The van der Waals surface area contributed by atoms with Crippen LogP contribution in [0.5, 0.6) is 0 Å². The van der Waals surface area contributed by atoms with Crippen molar-refractivity contribution in [3.8, 4) is 0 Å². The van der Waals surface area contributed by atoms with Gasteiger partial charge in [-0.3, -0.25) is 9.78 Å². The van der Waals surface area contributed by atoms with Crippen molar-refractivity contribution in [2.75, 3.05) is 0 Å². The summed E-state index contributed by atoms with van der Waals surface area (Å²) in [5, 5.41) is 0. The monoisotopic (exact) mass is 225 g/mol. The van der Waals surface area contributed by atoms with E-state index < -0.39 is 0 Å². The van der Waals surface area contributed by atoms with Crippen molar-refractivity contribution < 1.29 is 4.79 Å². The molecule has 0 saturated carbocycles. The molecular weight excluding hydrogens is 210 g/mol. The largest absolute Gasteiger partial charge is 0.294 e. The zero-order chi connectivity index (χ0) is 12.3. The minimum Gasteiger partial charge on any atom is -0.294 e. The highest BCUT2D eigenvalue weighted by Crippen LogP contribution is 2.20. The first-order valence-corrected chi connectivity index (χ1v) is 5.70. The van der Waals surface area contributed by atoms with E-state index in [2.05, 4.69) is 4.98 Å². The summed E-state index contributed by atoms with van der Waals surface area (Å²) in [5.41, 5.74) is 2.72. The standard InChI is InChI=1S/C15H15NO/c1-11-10-14(8-9-16-11)12(2)15(17)13-6-4-3-5-7-13/h3-10,12H,1-2H3. The molecule has 1 aromatic heterocycles. The topological polar surface area (TPSA) is 30.0 Å². The molecule has 2 aromatic rings. The summed E-state index contributed by atoms with van der Waals surface area (Å²) in [6.07, 6.45) is 1.75. The van der Waals surface area contributed by atoms with Crippen LogP contribution in [0.15, 0.2) is 48.7 Å². The molecule has 0 bridgehead atoms. The van der Waals surface area contributed by atoms with Crippen LogP contribution in [0.25, 0.3) is 0 Å². The molecule has 2 heteroatoms. The van der Waals surface area contributed by atoms with E-state index in [1.54, 1.807) is 6.20 Å². The van der Waals surface area contributed by atoms with E-state index in [0.29, 0.717) is 0 Å². The van der Waals surface area contributed by atoms with Crippen molar-refractivity contribution in [3.63, 3.8) is 0 Å². The molecule has 0 radical (unpaired) electrons. The first-order valence-electron chi connectivity index (χ1n) is 5.70. The molecule has 1 atom stereocenters. The van der Waals surface area contributed by atoms with Gasteiger partial charge in [0, 0.05) is 23.4 Å². The Balaban J connectivity index is 2.27. The second-order valence-corrected chi connectivity index (χ2v) is 4.18. The summed E-state index contributed by atoms with van der Waals surface area (Å²) in [6.45, 7) is 3.87. The summed E-state index contributed by atoms with van der Waals surface area (Å²) >= 11 is 0. The van der Waals surface area contributed by atoms with E-state index in [0.717, 1.165) is 16.8 Å². The third-order valence-electron chi connectivity index (χ3n) is 2.87. The Morgan fingerprint density at radius 3 is 2.53 bits per heavy atom. The zero-order valence-electron chi connectivity index (χ0n) is 10.1. The Morgan fingerprint density at radius 2 is 1.88 bits per heavy atom. The Hall–Kier alpha value is -1.96. The van der Waals surface area contributed by atoms with Crippen LogP contribution in [-0.4, -0.2) is 10.8 Å². The highest BCUT2D eigenvalue weighted by molar-refractivity contribution is 6.00. The van der Waals surface area contributed by atoms with Crippen LogP contribution in [0, 0.1) is 6.92 Å². The lowest BCUT2D eigenvalue weighted by Gasteiger charge is -2.11. The molecule has 2 nitrogen and oxygen atoms in total. The molecule has 1 unspecified atom stereocenters. The van der Waals surface area contributed by atoms with Crippen LogP contribution >= 0.6 is 0 Å². The summed E-state index contributed by atoms with van der Waals surface area (Å²) in [7, 11) is 0. The number of aromatic nitrogens is 1. The number of carbonyl (C=O) groups is 1. The van der Waals surface area contributed by atoms with Crippen molar-refractivity contribution in [1.82, 2.24) is 4.98 Å². The molecule has 86 valence electrons. The predicted molar refractivity (Wildman–Crippen MR) is 68.2 cm³/mol. The number of benzene rings is 1. The lowest BCUT2D eigenvalue weighted by Crippen LogP contribution is -2.09. The van der Waals surface area contributed by atoms with Crippen LogP contribution in [0.2, 0.25) is 0 Å². The van der Waals surface area contributed by atoms with Crippen molar-refractivity contribution in [2.45, 2.75) is 19.8 Å². The van der Waals surface area contributed by atoms with E-state index in [9.17, 15) is 4.79 Å². The van der Waals surface area contributed by atoms with Gasteiger partial charge >= 0.3 is 0 Å². The summed E-state index contributed by atoms with van der Waals surface area (Å²) in [4.78, 5) is 16.4. The lowest BCUT2D eigenvalue weighted by atomic mass is 9.93. The quantitative estimate of drug-likeness (QED) is 0.749. The molecule has 0 fully saturated rings. The normalized spacial score (nSPS) is 12.1. The van der Waals surface area contributed by atoms with Gasteiger partial charge in [0.05, 0.1) is 0 Å². The van der Waals surface area contributed by atoms with Gasteiger partial charge in [0.15, 0.2) is 5.78 Å². The number of hydrogen-bond acceptors (Lipinski definition) is 2. The summed E-state index contributed by atoms with van der Waals surface area (Å²) in [6, 6.07) is 13.3. The van der Waals surface area contributed by atoms with Crippen molar-refractivity contribution in [1.29, 1.82) is 0 Å². The van der Waals surface area contributed by atoms with E-state index in [4.69, 9.17) is 0 Å². The van der Waals surface area contributed by atoms with Crippen LogP contribution in [0.3, 0.4) is 0 Å². The maximum absolute atomic E-state index is 12.2. The van der Waals surface area contributed by atoms with E-state index in [-0.39, 0.29) is 11.7 Å². The number of pyridine rings is 1. The Kier molecular flexibility index (Phi) is 3.33. The molecule has 0 aliphatic rings. The minimum absolute atomic E-state index is 0.126. The molecule has 0 saturated heterocycles. The van der Waals surface area contributed by atoms with E-state index >= 15 is 0 Å². The molecule has 1 aromatic carbocycles. The highest BCUT2D eigenvalue weighted by atomic mass is 16.1. The molecular formula is C15H15NO. The summed E-state index contributed by atoms with van der Waals surface area (Å²) < 4.78 is 0. The summed E-state index contributed by atoms with van der Waals surface area (Å²) in [5.74, 6) is 0.0234. The molecule has 1 heterocycles. The van der Waals surface area contributed by atoms with Gasteiger partial charge in [-0.1, -0.05) is 37.3 Å². The average Bonchev–Trinajstić information content (AvgIpc) is 2.38. The van der Waals surface area contributed by atoms with Gasteiger partial charge in [-0.15, -0.1) is 0 Å². The number of rotatable bonds is 3. The number of carbonyl (C=O) groups excluding carboxylic acids is 1. The molecule has 2 rings (SSSR count). The van der Waals surface area contributed by atoms with Gasteiger partial charge in [0.2, 0.25) is 0 Å². The first-order chi connectivity index (χ1) is 8.18. The molecule has 0 aliphatic carbocycles. The number of Topliss-reactive ketones (excluding diaryl/α,β-unsaturated/α-hetero) is 1. The smallest absolute Gasteiger partial charge is 0.170 e. The van der Waals surface area contributed by atoms with Gasteiger partial charge in [0.25, 0.3) is 0 Å². The van der Waals surface area contributed by atoms with Crippen LogP contribution < -0.4 is 0 Å². The van der Waals surface area contributed by atoms with Crippen molar-refractivity contribution in [3.05, 3.63) is 65.5 Å². The van der Waals surface area contributed by atoms with Crippen molar-refractivity contribution >= 4 is 5.78 Å². The maximum atomic E-state index is 12.2. The van der Waals surface area contributed by atoms with Gasteiger partial charge in [-0.2, -0.15) is 0 Å². The number of nitrogens with zero attached hydrogens (tertiary/aromatic N) is 1. The first kappa shape index (κ1) is 11.5. The van der Waals surface area contributed by atoms with E-state index in [1.807, 2.05) is 56.3 Å². The zero-order valence-corrected chi connectivity index (χ0v) is 10.1. The molecule has 0 amide bonds. The van der Waals surface area contributed by atoms with Gasteiger partial charge in [0.1, 0.15) is 0 Å². The van der Waals surface area contributed by atoms with Gasteiger partial charge < -0.3 is 0 Å². The van der Waals surface area contributed by atoms with Crippen LogP contribution in [-0.2, 0) is 0 Å². The Morgan fingerprint density at radius 1 is 1.18 bits per heavy atom. The SMILES string of the molecule is Cc1cc(C(C)C(=O)c2ccccc2)ccn1. The Bertz CT molecular complexity index is 519. The van der Waals surface area contributed by atoms with Crippen molar-refractivity contribution in [2.24, 2.45) is 0 Å². The fraction of sp³-hybridized carbons (Fsp3) is 0.200. The number of ketones is 1. The fourth-order valence-corrected chi connectivity index (χ4v) is 1.84. The van der Waals surface area contributed by atoms with Gasteiger partial charge in [-0.25, -0.2) is 0 Å². The van der Waals surface area contributed by atoms with Crippen LogP contribution in [0.4, 0.5) is 0 Å². The van der Waals surface area contributed by atoms with Gasteiger partial charge in [-0.05, 0) is 24.6 Å². The minimum atomic E-state index is -0.126. The molecule has 0 spiro atoms. The number of aryl methyl sites for hydroxylation is 1. The third kappa shape index (κ3) is 2.59. The second-order valence-electron chi connectivity index (χ2n) is 4.18. The predicted octanol–water partition coefficient (Wildman–Crippen LogP) is 3.38. The molecule has 17 heavy (non-hydrogen) atoms. The fourth-order valence-electron chi connectivity index (χ4n) is 1.84. The average molecular weight is 225 g/mol. The highest BCUT2D eigenvalue weighted by Gasteiger charge is 2.16. The molecule has 0 aliphatic heterocycles. The lowest BCUT2D eigenvalue weighted by molar-refractivity contribution is 0.0966. The van der Waals surface area contributed by atoms with E-state index in [1.165, 1.54) is 0 Å². The molecule has 0 N–H and O–H groups in total. The maximum Gasteiger partial charge on any atom is 0.170 e. The number of hydrogen-bond donors (Lipinski definition) is 0.